The summed E-state index contributed by atoms with van der Waals surface area (Å²) < 4.78 is 0. The van der Waals surface area contributed by atoms with Gasteiger partial charge in [0, 0.05) is 5.41 Å². The van der Waals surface area contributed by atoms with Crippen molar-refractivity contribution in [1.29, 1.82) is 0 Å². The zero-order valence-electron chi connectivity index (χ0n) is 23.0. The van der Waals surface area contributed by atoms with E-state index in [4.69, 9.17) is 0 Å². The lowest BCUT2D eigenvalue weighted by molar-refractivity contribution is 0.521. The first-order valence-electron chi connectivity index (χ1n) is 12.0. The van der Waals surface area contributed by atoms with E-state index in [0.717, 1.165) is 0 Å². The summed E-state index contributed by atoms with van der Waals surface area (Å²) in [5.74, 6) is 0. The van der Waals surface area contributed by atoms with Gasteiger partial charge in [-0.15, -0.1) is 0 Å². The third kappa shape index (κ3) is 5.44. The summed E-state index contributed by atoms with van der Waals surface area (Å²) >= 11 is 0. The molecule has 31 heavy (non-hydrogen) atoms. The van der Waals surface area contributed by atoms with Crippen molar-refractivity contribution in [1.82, 2.24) is 0 Å². The van der Waals surface area contributed by atoms with Crippen LogP contribution in [0.5, 0.6) is 0 Å². The first-order chi connectivity index (χ1) is 13.7. The molecular weight excluding hydrogens is 372 g/mol. The van der Waals surface area contributed by atoms with E-state index >= 15 is 0 Å². The zero-order chi connectivity index (χ0) is 24.2. The molecule has 2 aromatic rings. The Hall–Kier alpha value is -1.56. The van der Waals surface area contributed by atoms with Crippen LogP contribution in [0.1, 0.15) is 130 Å². The molecule has 0 heterocycles. The molecule has 0 unspecified atom stereocenters. The molecule has 0 amide bonds. The van der Waals surface area contributed by atoms with Crippen LogP contribution < -0.4 is 0 Å². The molecule has 2 aromatic carbocycles. The van der Waals surface area contributed by atoms with Gasteiger partial charge in [-0.3, -0.25) is 0 Å². The van der Waals surface area contributed by atoms with Gasteiger partial charge in [0.15, 0.2) is 0 Å². The molecule has 172 valence electrons. The summed E-state index contributed by atoms with van der Waals surface area (Å²) in [6.45, 7) is 32.8. The molecule has 0 radical (unpaired) electrons. The normalized spacial score (nSPS) is 14.1. The summed E-state index contributed by atoms with van der Waals surface area (Å²) in [5.41, 5.74) is 9.03. The Kier molecular flexibility index (Phi) is 6.46. The third-order valence-corrected chi connectivity index (χ3v) is 6.72. The Balaban J connectivity index is 2.83. The average Bonchev–Trinajstić information content (AvgIpc) is 2.57. The Labute approximate surface area is 193 Å². The monoisotopic (exact) mass is 420 g/mol. The molecule has 0 aliphatic rings. The van der Waals surface area contributed by atoms with E-state index in [1.165, 1.54) is 33.4 Å². The Bertz CT molecular complexity index is 926. The van der Waals surface area contributed by atoms with Crippen LogP contribution in [-0.2, 0) is 27.1 Å². The molecule has 0 nitrogen and oxygen atoms in total. The second-order valence-corrected chi connectivity index (χ2v) is 14.1. The van der Waals surface area contributed by atoms with E-state index in [1.54, 1.807) is 0 Å². The van der Waals surface area contributed by atoms with E-state index in [-0.39, 0.29) is 27.1 Å². The second kappa shape index (κ2) is 7.79. The molecule has 0 aliphatic carbocycles. The van der Waals surface area contributed by atoms with Crippen LogP contribution in [0.3, 0.4) is 0 Å². The van der Waals surface area contributed by atoms with Crippen LogP contribution in [0.4, 0.5) is 0 Å². The minimum absolute atomic E-state index is 0.0830. The highest BCUT2D eigenvalue weighted by Gasteiger charge is 2.33. The molecule has 0 atom stereocenters. The molecule has 0 saturated carbocycles. The van der Waals surface area contributed by atoms with Crippen LogP contribution in [0.2, 0.25) is 0 Å². The van der Waals surface area contributed by atoms with Crippen LogP contribution >= 0.6 is 0 Å². The van der Waals surface area contributed by atoms with Gasteiger partial charge >= 0.3 is 0 Å². The van der Waals surface area contributed by atoms with E-state index in [2.05, 4.69) is 133 Å². The largest absolute Gasteiger partial charge is 0.0582 e. The van der Waals surface area contributed by atoms with Crippen molar-refractivity contribution in [3.63, 3.8) is 0 Å². The van der Waals surface area contributed by atoms with Crippen LogP contribution in [-0.4, -0.2) is 0 Å². The lowest BCUT2D eigenvalue weighted by atomic mass is 9.67. The molecule has 0 heteroatoms. The standard InChI is InChI=1S/C31H48/c1-27(2,3)21-15-17-24(29(7,8)9)26(19-21)31(13,14)22-16-18-23(28(4,5)6)25(20-22)30(10,11)12/h15-20H,1-14H3. The summed E-state index contributed by atoms with van der Waals surface area (Å²) in [6, 6.07) is 14.5. The third-order valence-electron chi connectivity index (χ3n) is 6.72. The Morgan fingerprint density at radius 1 is 0.355 bits per heavy atom. The topological polar surface area (TPSA) is 0 Å². The van der Waals surface area contributed by atoms with Crippen molar-refractivity contribution in [3.05, 3.63) is 69.8 Å². The van der Waals surface area contributed by atoms with Gasteiger partial charge in [0.25, 0.3) is 0 Å². The minimum atomic E-state index is -0.0830. The van der Waals surface area contributed by atoms with Gasteiger partial charge < -0.3 is 0 Å². The van der Waals surface area contributed by atoms with Crippen molar-refractivity contribution in [3.8, 4) is 0 Å². The predicted molar refractivity (Wildman–Crippen MR) is 140 cm³/mol. The van der Waals surface area contributed by atoms with E-state index in [9.17, 15) is 0 Å². The maximum absolute atomic E-state index is 2.50. The Morgan fingerprint density at radius 2 is 0.710 bits per heavy atom. The maximum Gasteiger partial charge on any atom is 0.0149 e. The quantitative estimate of drug-likeness (QED) is 0.454. The van der Waals surface area contributed by atoms with Gasteiger partial charge in [0.2, 0.25) is 0 Å². The molecule has 0 aromatic heterocycles. The maximum atomic E-state index is 2.50. The number of rotatable bonds is 2. The summed E-state index contributed by atoms with van der Waals surface area (Å²) in [7, 11) is 0. The van der Waals surface area contributed by atoms with Gasteiger partial charge in [-0.25, -0.2) is 0 Å². The average molecular weight is 421 g/mol. The van der Waals surface area contributed by atoms with Gasteiger partial charge in [0.05, 0.1) is 0 Å². The molecule has 0 fully saturated rings. The van der Waals surface area contributed by atoms with Gasteiger partial charge in [-0.2, -0.15) is 0 Å². The zero-order valence-corrected chi connectivity index (χ0v) is 23.0. The first kappa shape index (κ1) is 25.7. The van der Waals surface area contributed by atoms with Crippen LogP contribution in [0, 0.1) is 0 Å². The van der Waals surface area contributed by atoms with Gasteiger partial charge in [-0.1, -0.05) is 133 Å². The second-order valence-electron chi connectivity index (χ2n) is 14.1. The van der Waals surface area contributed by atoms with Gasteiger partial charge in [-0.05, 0) is 55.0 Å². The van der Waals surface area contributed by atoms with Crippen molar-refractivity contribution < 1.29 is 0 Å². The van der Waals surface area contributed by atoms with Crippen molar-refractivity contribution in [2.45, 2.75) is 124 Å². The summed E-state index contributed by atoms with van der Waals surface area (Å²) in [4.78, 5) is 0. The smallest absolute Gasteiger partial charge is 0.0149 e. The number of hydrogen-bond acceptors (Lipinski definition) is 0. The van der Waals surface area contributed by atoms with E-state index in [1.807, 2.05) is 0 Å². The fourth-order valence-corrected chi connectivity index (χ4v) is 4.54. The van der Waals surface area contributed by atoms with Crippen LogP contribution in [0.25, 0.3) is 0 Å². The molecule has 0 N–H and O–H groups in total. The predicted octanol–water partition coefficient (Wildman–Crippen LogP) is 9.20. The van der Waals surface area contributed by atoms with Crippen molar-refractivity contribution >= 4 is 0 Å². The highest BCUT2D eigenvalue weighted by Crippen LogP contribution is 2.43. The molecule has 0 spiro atoms. The molecule has 2 rings (SSSR count). The molecule has 0 bridgehead atoms. The SMILES string of the molecule is CC(C)(C)c1ccc(C(C)(C)C)c(C(C)(C)c2ccc(C(C)(C)C)c(C(C)(C)C)c2)c1. The number of hydrogen-bond donors (Lipinski definition) is 0. The Morgan fingerprint density at radius 3 is 1.10 bits per heavy atom. The lowest BCUT2D eigenvalue weighted by Gasteiger charge is -2.37. The molecule has 0 saturated heterocycles. The fraction of sp³-hybridized carbons (Fsp3) is 0.613. The highest BCUT2D eigenvalue weighted by molar-refractivity contribution is 5.51. The fourth-order valence-electron chi connectivity index (χ4n) is 4.54. The van der Waals surface area contributed by atoms with Crippen LogP contribution in [0.15, 0.2) is 36.4 Å². The van der Waals surface area contributed by atoms with Gasteiger partial charge in [0.1, 0.15) is 0 Å². The van der Waals surface area contributed by atoms with E-state index < -0.39 is 0 Å². The summed E-state index contributed by atoms with van der Waals surface area (Å²) in [5, 5.41) is 0. The van der Waals surface area contributed by atoms with Crippen molar-refractivity contribution in [2.75, 3.05) is 0 Å². The lowest BCUT2D eigenvalue weighted by Crippen LogP contribution is -2.28. The number of benzene rings is 2. The van der Waals surface area contributed by atoms with Crippen molar-refractivity contribution in [2.24, 2.45) is 0 Å². The highest BCUT2D eigenvalue weighted by atomic mass is 14.4. The molecular formula is C31H48. The summed E-state index contributed by atoms with van der Waals surface area (Å²) in [6.07, 6.45) is 0. The molecule has 0 aliphatic heterocycles. The minimum Gasteiger partial charge on any atom is -0.0582 e. The van der Waals surface area contributed by atoms with E-state index in [0.29, 0.717) is 0 Å². The first-order valence-corrected chi connectivity index (χ1v) is 12.0.